The third-order valence-corrected chi connectivity index (χ3v) is 5.59. The van der Waals surface area contributed by atoms with Crippen LogP contribution >= 0.6 is 11.8 Å². The van der Waals surface area contributed by atoms with E-state index in [1.807, 2.05) is 31.2 Å². The van der Waals surface area contributed by atoms with Crippen molar-refractivity contribution in [3.05, 3.63) is 29.8 Å². The summed E-state index contributed by atoms with van der Waals surface area (Å²) in [4.78, 5) is 23.5. The number of thioether (sulfide) groups is 1. The van der Waals surface area contributed by atoms with Gasteiger partial charge >= 0.3 is 5.97 Å². The average molecular weight is 380 g/mol. The normalized spacial score (nSPS) is 11.9. The highest BCUT2D eigenvalue weighted by molar-refractivity contribution is 8.00. The zero-order valence-electron chi connectivity index (χ0n) is 16.1. The van der Waals surface area contributed by atoms with Crippen LogP contribution in [0.5, 0.6) is 0 Å². The Morgan fingerprint density at radius 2 is 1.58 bits per heavy atom. The second kappa shape index (κ2) is 13.7. The van der Waals surface area contributed by atoms with E-state index >= 15 is 0 Å². The van der Waals surface area contributed by atoms with E-state index in [0.717, 1.165) is 24.2 Å². The van der Waals surface area contributed by atoms with Crippen molar-refractivity contribution in [3.63, 3.8) is 0 Å². The molecule has 1 rings (SSSR count). The van der Waals surface area contributed by atoms with Gasteiger partial charge in [-0.05, 0) is 31.2 Å². The molecule has 0 aliphatic rings. The Morgan fingerprint density at radius 3 is 2.15 bits per heavy atom. The van der Waals surface area contributed by atoms with Crippen LogP contribution in [0.15, 0.2) is 24.3 Å². The van der Waals surface area contributed by atoms with Crippen LogP contribution < -0.4 is 5.32 Å². The molecule has 146 valence electrons. The Balaban J connectivity index is 2.21. The molecule has 1 unspecified atom stereocenters. The number of carboxylic acid groups (broad SMARTS) is 1. The van der Waals surface area contributed by atoms with E-state index in [1.165, 1.54) is 50.3 Å². The highest BCUT2D eigenvalue weighted by Gasteiger charge is 2.21. The Morgan fingerprint density at radius 1 is 1.00 bits per heavy atom. The fourth-order valence-electron chi connectivity index (χ4n) is 2.70. The lowest BCUT2D eigenvalue weighted by Gasteiger charge is -2.12. The van der Waals surface area contributed by atoms with Crippen LogP contribution in [0.3, 0.4) is 0 Å². The molecule has 1 aromatic rings. The second-order valence-electron chi connectivity index (χ2n) is 6.79. The van der Waals surface area contributed by atoms with Crippen molar-refractivity contribution >= 4 is 29.3 Å². The lowest BCUT2D eigenvalue weighted by molar-refractivity contribution is -0.137. The average Bonchev–Trinajstić information content (AvgIpc) is 2.61. The number of aryl methyl sites for hydroxylation is 1. The van der Waals surface area contributed by atoms with Gasteiger partial charge in [0, 0.05) is 12.1 Å². The van der Waals surface area contributed by atoms with Crippen molar-refractivity contribution in [2.75, 3.05) is 11.1 Å². The van der Waals surface area contributed by atoms with Gasteiger partial charge in [-0.25, -0.2) is 0 Å². The number of amides is 1. The summed E-state index contributed by atoms with van der Waals surface area (Å²) in [6.07, 6.45) is 9.86. The van der Waals surface area contributed by atoms with Gasteiger partial charge in [0.15, 0.2) is 0 Å². The van der Waals surface area contributed by atoms with Crippen LogP contribution in [0.4, 0.5) is 5.69 Å². The Labute approximate surface area is 162 Å². The first-order valence-electron chi connectivity index (χ1n) is 9.74. The molecular formula is C21H33NO3S. The van der Waals surface area contributed by atoms with E-state index in [-0.39, 0.29) is 12.3 Å². The number of carbonyl (C=O) groups excluding carboxylic acids is 1. The van der Waals surface area contributed by atoms with Crippen molar-refractivity contribution in [1.82, 2.24) is 0 Å². The summed E-state index contributed by atoms with van der Waals surface area (Å²) in [6.45, 7) is 4.20. The molecule has 0 saturated carbocycles. The molecule has 0 spiro atoms. The maximum atomic E-state index is 12.1. The van der Waals surface area contributed by atoms with Crippen LogP contribution in [0.2, 0.25) is 0 Å². The van der Waals surface area contributed by atoms with Crippen LogP contribution in [0.25, 0.3) is 0 Å². The second-order valence-corrected chi connectivity index (χ2v) is 8.10. The predicted molar refractivity (Wildman–Crippen MR) is 111 cm³/mol. The molecule has 2 N–H and O–H groups in total. The summed E-state index contributed by atoms with van der Waals surface area (Å²) in [7, 11) is 0. The monoisotopic (exact) mass is 379 g/mol. The zero-order chi connectivity index (χ0) is 19.2. The molecule has 5 heteroatoms. The highest BCUT2D eigenvalue weighted by atomic mass is 32.2. The van der Waals surface area contributed by atoms with Gasteiger partial charge in [-0.2, -0.15) is 0 Å². The summed E-state index contributed by atoms with van der Waals surface area (Å²) in [5, 5.41) is 11.4. The van der Waals surface area contributed by atoms with Gasteiger partial charge < -0.3 is 10.4 Å². The molecule has 0 fully saturated rings. The number of benzene rings is 1. The molecule has 0 heterocycles. The summed E-state index contributed by atoms with van der Waals surface area (Å²) in [5.74, 6) is -0.359. The van der Waals surface area contributed by atoms with Crippen molar-refractivity contribution in [3.8, 4) is 0 Å². The van der Waals surface area contributed by atoms with Gasteiger partial charge in [-0.1, -0.05) is 69.6 Å². The smallest absolute Gasteiger partial charge is 0.317 e. The van der Waals surface area contributed by atoms with E-state index in [4.69, 9.17) is 0 Å². The molecule has 0 aliphatic heterocycles. The van der Waals surface area contributed by atoms with Gasteiger partial charge in [-0.3, -0.25) is 9.59 Å². The standard InChI is InChI=1S/C21H33NO3S/c1-3-4-5-6-7-8-9-10-15-26-19(21(24)25)16-20(23)22-18-13-11-17(2)12-14-18/h11-14,19H,3-10,15-16H2,1-2H3,(H,22,23)(H,24,25). The van der Waals surface area contributed by atoms with Crippen molar-refractivity contribution in [2.45, 2.75) is 76.9 Å². The highest BCUT2D eigenvalue weighted by Crippen LogP contribution is 2.19. The van der Waals surface area contributed by atoms with Gasteiger partial charge in [0.25, 0.3) is 0 Å². The number of rotatable bonds is 14. The van der Waals surface area contributed by atoms with Gasteiger partial charge in [0.2, 0.25) is 5.91 Å². The molecule has 4 nitrogen and oxygen atoms in total. The molecule has 1 amide bonds. The number of hydrogen-bond acceptors (Lipinski definition) is 3. The van der Waals surface area contributed by atoms with Gasteiger partial charge in [0.05, 0.1) is 0 Å². The minimum Gasteiger partial charge on any atom is -0.480 e. The molecule has 0 bridgehead atoms. The van der Waals surface area contributed by atoms with E-state index in [0.29, 0.717) is 5.69 Å². The lowest BCUT2D eigenvalue weighted by atomic mass is 10.1. The molecule has 0 saturated heterocycles. The summed E-state index contributed by atoms with van der Waals surface area (Å²) in [5.41, 5.74) is 1.82. The number of carboxylic acids is 1. The van der Waals surface area contributed by atoms with Gasteiger partial charge in [-0.15, -0.1) is 11.8 Å². The first-order valence-corrected chi connectivity index (χ1v) is 10.8. The molecule has 26 heavy (non-hydrogen) atoms. The van der Waals surface area contributed by atoms with Crippen LogP contribution in [-0.2, 0) is 9.59 Å². The van der Waals surface area contributed by atoms with Crippen LogP contribution in [-0.4, -0.2) is 28.0 Å². The van der Waals surface area contributed by atoms with Crippen molar-refractivity contribution in [2.24, 2.45) is 0 Å². The number of nitrogens with one attached hydrogen (secondary N) is 1. The molecule has 1 atom stereocenters. The number of unbranched alkanes of at least 4 members (excludes halogenated alkanes) is 7. The first-order chi connectivity index (χ1) is 12.5. The third-order valence-electron chi connectivity index (χ3n) is 4.30. The molecule has 0 aliphatic carbocycles. The summed E-state index contributed by atoms with van der Waals surface area (Å²) < 4.78 is 0. The minimum atomic E-state index is -0.909. The quantitative estimate of drug-likeness (QED) is 0.410. The largest absolute Gasteiger partial charge is 0.480 e. The fraction of sp³-hybridized carbons (Fsp3) is 0.619. The topological polar surface area (TPSA) is 66.4 Å². The van der Waals surface area contributed by atoms with Crippen molar-refractivity contribution in [1.29, 1.82) is 0 Å². The molecular weight excluding hydrogens is 346 g/mol. The maximum absolute atomic E-state index is 12.1. The maximum Gasteiger partial charge on any atom is 0.317 e. The number of hydrogen-bond donors (Lipinski definition) is 2. The van der Waals surface area contributed by atoms with E-state index in [9.17, 15) is 14.7 Å². The summed E-state index contributed by atoms with van der Waals surface area (Å²) in [6, 6.07) is 7.50. The van der Waals surface area contributed by atoms with Crippen LogP contribution in [0.1, 0.15) is 70.3 Å². The van der Waals surface area contributed by atoms with E-state index < -0.39 is 11.2 Å². The molecule has 1 aromatic carbocycles. The molecule has 0 radical (unpaired) electrons. The molecule has 0 aromatic heterocycles. The Bertz CT molecular complexity index is 531. The predicted octanol–water partition coefficient (Wildman–Crippen LogP) is 5.65. The fourth-order valence-corrected chi connectivity index (χ4v) is 3.76. The SMILES string of the molecule is CCCCCCCCCCSC(CC(=O)Nc1ccc(C)cc1)C(=O)O. The summed E-state index contributed by atoms with van der Waals surface area (Å²) >= 11 is 1.38. The van der Waals surface area contributed by atoms with Crippen LogP contribution in [0, 0.1) is 6.92 Å². The Hall–Kier alpha value is -1.49. The van der Waals surface area contributed by atoms with E-state index in [2.05, 4.69) is 12.2 Å². The third kappa shape index (κ3) is 10.5. The lowest BCUT2D eigenvalue weighted by Crippen LogP contribution is -2.24. The number of aliphatic carboxylic acids is 1. The first kappa shape index (κ1) is 22.6. The number of carbonyl (C=O) groups is 2. The van der Waals surface area contributed by atoms with E-state index in [1.54, 1.807) is 0 Å². The van der Waals surface area contributed by atoms with Gasteiger partial charge in [0.1, 0.15) is 5.25 Å². The van der Waals surface area contributed by atoms with Crippen molar-refractivity contribution < 1.29 is 14.7 Å². The minimum absolute atomic E-state index is 0.00486. The zero-order valence-corrected chi connectivity index (χ0v) is 16.9. The Kier molecular flexibility index (Phi) is 11.9. The number of anilines is 1.